The van der Waals surface area contributed by atoms with Crippen LogP contribution in [0.1, 0.15) is 54.0 Å². The molecule has 1 unspecified atom stereocenters. The van der Waals surface area contributed by atoms with Gasteiger partial charge in [0, 0.05) is 25.2 Å². The molecule has 5 rings (SSSR count). The van der Waals surface area contributed by atoms with Crippen LogP contribution in [-0.2, 0) is 22.6 Å². The average Bonchev–Trinajstić information content (AvgIpc) is 3.38. The monoisotopic (exact) mass is 518 g/mol. The van der Waals surface area contributed by atoms with Gasteiger partial charge in [0.05, 0.1) is 0 Å². The number of benzene rings is 4. The van der Waals surface area contributed by atoms with Crippen molar-refractivity contribution >= 4 is 17.7 Å². The second-order valence-corrected chi connectivity index (χ2v) is 10.00. The van der Waals surface area contributed by atoms with Gasteiger partial charge in [-0.3, -0.25) is 4.79 Å². The summed E-state index contributed by atoms with van der Waals surface area (Å²) in [6.45, 7) is 3.82. The van der Waals surface area contributed by atoms with Gasteiger partial charge in [0.2, 0.25) is 5.91 Å². The van der Waals surface area contributed by atoms with Crippen molar-refractivity contribution in [3.05, 3.63) is 138 Å². The molecule has 5 heteroatoms. The summed E-state index contributed by atoms with van der Waals surface area (Å²) in [6.07, 6.45) is 0.468. The van der Waals surface area contributed by atoms with Crippen molar-refractivity contribution in [1.82, 2.24) is 4.90 Å². The molecule has 0 saturated carbocycles. The van der Waals surface area contributed by atoms with Crippen molar-refractivity contribution in [2.24, 2.45) is 0 Å². The first-order valence-electron chi connectivity index (χ1n) is 13.6. The Hall–Kier alpha value is -4.38. The minimum absolute atomic E-state index is 0.0161. The van der Waals surface area contributed by atoms with Gasteiger partial charge < -0.3 is 9.64 Å². The van der Waals surface area contributed by atoms with Crippen molar-refractivity contribution in [3.8, 4) is 0 Å². The minimum Gasteiger partial charge on any atom is -0.446 e. The number of amides is 2. The van der Waals surface area contributed by atoms with Crippen molar-refractivity contribution in [2.45, 2.75) is 44.8 Å². The quantitative estimate of drug-likeness (QED) is 0.218. The van der Waals surface area contributed by atoms with Crippen LogP contribution >= 0.6 is 0 Å². The van der Waals surface area contributed by atoms with E-state index in [2.05, 4.69) is 84.6 Å². The normalized spacial score (nSPS) is 15.6. The van der Waals surface area contributed by atoms with Gasteiger partial charge in [0.25, 0.3) is 0 Å². The molecule has 4 aromatic carbocycles. The third-order valence-corrected chi connectivity index (χ3v) is 7.38. The van der Waals surface area contributed by atoms with Crippen LogP contribution in [0.25, 0.3) is 0 Å². The number of hydrogen-bond donors (Lipinski definition) is 0. The fourth-order valence-electron chi connectivity index (χ4n) is 5.25. The van der Waals surface area contributed by atoms with E-state index < -0.39 is 6.09 Å². The van der Waals surface area contributed by atoms with E-state index in [4.69, 9.17) is 4.74 Å². The fraction of sp³-hybridized carbons (Fsp3) is 0.235. The summed E-state index contributed by atoms with van der Waals surface area (Å²) in [5, 5.41) is 0. The molecule has 0 spiro atoms. The number of ether oxygens (including phenoxy) is 1. The summed E-state index contributed by atoms with van der Waals surface area (Å²) < 4.78 is 5.30. The largest absolute Gasteiger partial charge is 0.446 e. The molecule has 0 radical (unpaired) electrons. The van der Waals surface area contributed by atoms with Crippen LogP contribution in [0.5, 0.6) is 0 Å². The summed E-state index contributed by atoms with van der Waals surface area (Å²) in [6, 6.07) is 38.6. The van der Waals surface area contributed by atoms with Crippen molar-refractivity contribution in [2.75, 3.05) is 11.5 Å². The van der Waals surface area contributed by atoms with Crippen LogP contribution in [0.2, 0.25) is 0 Å². The van der Waals surface area contributed by atoms with E-state index in [9.17, 15) is 9.59 Å². The number of rotatable bonds is 10. The Morgan fingerprint density at radius 1 is 0.846 bits per heavy atom. The third kappa shape index (κ3) is 6.37. The Kier molecular flexibility index (Phi) is 8.37. The highest BCUT2D eigenvalue weighted by Gasteiger charge is 2.39. The smallest absolute Gasteiger partial charge is 0.417 e. The Bertz CT molecular complexity index is 1330. The molecule has 1 aliphatic heterocycles. The zero-order valence-electron chi connectivity index (χ0n) is 22.3. The summed E-state index contributed by atoms with van der Waals surface area (Å²) in [5.41, 5.74) is 5.58. The highest BCUT2D eigenvalue weighted by Crippen LogP contribution is 2.33. The third-order valence-electron chi connectivity index (χ3n) is 7.38. The highest BCUT2D eigenvalue weighted by molar-refractivity contribution is 5.94. The molecule has 1 heterocycles. The molecule has 2 atom stereocenters. The van der Waals surface area contributed by atoms with Crippen molar-refractivity contribution in [3.63, 3.8) is 0 Å². The van der Waals surface area contributed by atoms with Crippen LogP contribution in [0, 0.1) is 0 Å². The van der Waals surface area contributed by atoms with Crippen LogP contribution in [0.15, 0.2) is 115 Å². The second kappa shape index (κ2) is 12.4. The second-order valence-electron chi connectivity index (χ2n) is 10.00. The maximum Gasteiger partial charge on any atom is 0.417 e. The van der Waals surface area contributed by atoms with Gasteiger partial charge in [-0.15, -0.1) is 0 Å². The molecule has 4 aromatic rings. The molecule has 0 N–H and O–H groups in total. The van der Waals surface area contributed by atoms with Gasteiger partial charge in [0.15, 0.2) is 0 Å². The molecule has 1 fully saturated rings. The van der Waals surface area contributed by atoms with E-state index in [1.807, 2.05) is 42.5 Å². The van der Waals surface area contributed by atoms with Gasteiger partial charge in [-0.1, -0.05) is 110 Å². The maximum atomic E-state index is 13.5. The summed E-state index contributed by atoms with van der Waals surface area (Å²) in [5.74, 6) is -0.216. The van der Waals surface area contributed by atoms with Crippen LogP contribution in [-0.4, -0.2) is 23.5 Å². The predicted molar refractivity (Wildman–Crippen MR) is 154 cm³/mol. The number of nitrogens with zero attached hydrogens (tertiary/aromatic N) is 2. The van der Waals surface area contributed by atoms with Crippen molar-refractivity contribution < 1.29 is 14.3 Å². The summed E-state index contributed by atoms with van der Waals surface area (Å²) in [4.78, 5) is 29.7. The number of hydrogen-bond acceptors (Lipinski definition) is 4. The van der Waals surface area contributed by atoms with Gasteiger partial charge in [-0.05, 0) is 46.7 Å². The molecule has 1 aliphatic rings. The average molecular weight is 519 g/mol. The Morgan fingerprint density at radius 2 is 1.44 bits per heavy atom. The lowest BCUT2D eigenvalue weighted by molar-refractivity contribution is -0.129. The Balaban J connectivity index is 1.37. The van der Waals surface area contributed by atoms with Gasteiger partial charge in [0.1, 0.15) is 12.6 Å². The minimum atomic E-state index is -0.561. The lowest BCUT2D eigenvalue weighted by Crippen LogP contribution is -2.35. The van der Waals surface area contributed by atoms with E-state index in [-0.39, 0.29) is 30.9 Å². The van der Waals surface area contributed by atoms with Crippen molar-refractivity contribution in [1.29, 1.82) is 0 Å². The summed E-state index contributed by atoms with van der Waals surface area (Å²) >= 11 is 0. The maximum absolute atomic E-state index is 13.5. The molecule has 1 saturated heterocycles. The predicted octanol–water partition coefficient (Wildman–Crippen LogP) is 7.50. The zero-order chi connectivity index (χ0) is 27.0. The SMILES string of the molecule is CC[C@H](CC(=O)N1C(=O)OCC1c1ccccc1)c1cccc(N(Cc2ccccc2)Cc2ccccc2)c1. The lowest BCUT2D eigenvalue weighted by Gasteiger charge is -2.27. The zero-order valence-corrected chi connectivity index (χ0v) is 22.3. The Labute approximate surface area is 230 Å². The van der Waals surface area contributed by atoms with E-state index in [0.29, 0.717) is 0 Å². The topological polar surface area (TPSA) is 49.9 Å². The first kappa shape index (κ1) is 26.2. The summed E-state index contributed by atoms with van der Waals surface area (Å²) in [7, 11) is 0. The van der Waals surface area contributed by atoms with E-state index in [0.717, 1.165) is 36.3 Å². The Morgan fingerprint density at radius 3 is 2.03 bits per heavy atom. The van der Waals surface area contributed by atoms with Crippen LogP contribution < -0.4 is 4.90 Å². The van der Waals surface area contributed by atoms with Gasteiger partial charge in [-0.25, -0.2) is 9.69 Å². The number of carbonyl (C=O) groups is 2. The number of imide groups is 1. The standard InChI is InChI=1S/C34H34N2O3/c1-2-28(22-33(37)36-32(25-39-34(36)38)29-17-10-5-11-18-29)30-19-12-20-31(21-30)35(23-26-13-6-3-7-14-26)24-27-15-8-4-9-16-27/h3-21,28,32H,2,22-25H2,1H3/t28-,32?/m1/s1. The molecular formula is C34H34N2O3. The molecule has 0 aromatic heterocycles. The fourth-order valence-corrected chi connectivity index (χ4v) is 5.25. The first-order chi connectivity index (χ1) is 19.1. The van der Waals surface area contributed by atoms with Gasteiger partial charge in [-0.2, -0.15) is 0 Å². The number of cyclic esters (lactones) is 1. The van der Waals surface area contributed by atoms with Gasteiger partial charge >= 0.3 is 6.09 Å². The molecule has 5 nitrogen and oxygen atoms in total. The highest BCUT2D eigenvalue weighted by atomic mass is 16.6. The van der Waals surface area contributed by atoms with Crippen LogP contribution in [0.4, 0.5) is 10.5 Å². The first-order valence-corrected chi connectivity index (χ1v) is 13.6. The molecule has 0 aliphatic carbocycles. The van der Waals surface area contributed by atoms with E-state index in [1.54, 1.807) is 0 Å². The lowest BCUT2D eigenvalue weighted by atomic mass is 9.91. The molecule has 198 valence electrons. The molecule has 2 amide bonds. The van der Waals surface area contributed by atoms with E-state index in [1.165, 1.54) is 16.0 Å². The van der Waals surface area contributed by atoms with E-state index >= 15 is 0 Å². The van der Waals surface area contributed by atoms with Crippen LogP contribution in [0.3, 0.4) is 0 Å². The number of carbonyl (C=O) groups excluding carboxylic acids is 2. The molecular weight excluding hydrogens is 484 g/mol. The number of anilines is 1. The molecule has 0 bridgehead atoms. The molecule has 39 heavy (non-hydrogen) atoms.